The Balaban J connectivity index is 3.59. The van der Waals surface area contributed by atoms with Gasteiger partial charge in [0.1, 0.15) is 0 Å². The first kappa shape index (κ1) is 13.9. The molecule has 0 saturated heterocycles. The molecule has 0 aliphatic carbocycles. The summed E-state index contributed by atoms with van der Waals surface area (Å²) in [6, 6.07) is 0. The molecule has 0 aromatic carbocycles. The van der Waals surface area contributed by atoms with Crippen LogP contribution in [-0.2, 0) is 0 Å². The molecule has 0 aromatic rings. The van der Waals surface area contributed by atoms with Crippen molar-refractivity contribution in [1.29, 1.82) is 0 Å². The van der Waals surface area contributed by atoms with Crippen LogP contribution in [0, 0.1) is 5.92 Å². The van der Waals surface area contributed by atoms with Gasteiger partial charge in [0.25, 0.3) is 0 Å². The molecule has 0 radical (unpaired) electrons. The zero-order chi connectivity index (χ0) is 10.8. The van der Waals surface area contributed by atoms with Crippen LogP contribution in [0.4, 0.5) is 0 Å². The van der Waals surface area contributed by atoms with Crippen LogP contribution in [0.5, 0.6) is 0 Å². The zero-order valence-corrected chi connectivity index (χ0v) is 10.5. The number of nitrogens with one attached hydrogen (secondary N) is 1. The van der Waals surface area contributed by atoms with Crippen molar-refractivity contribution in [2.24, 2.45) is 5.92 Å². The summed E-state index contributed by atoms with van der Waals surface area (Å²) >= 11 is 0. The van der Waals surface area contributed by atoms with Crippen molar-refractivity contribution >= 4 is 0 Å². The third-order valence-corrected chi connectivity index (χ3v) is 2.92. The van der Waals surface area contributed by atoms with Crippen LogP contribution >= 0.6 is 0 Å². The lowest BCUT2D eigenvalue weighted by Gasteiger charge is -2.24. The quantitative estimate of drug-likeness (QED) is 0.575. The number of rotatable bonds is 9. The van der Waals surface area contributed by atoms with Crippen molar-refractivity contribution in [1.82, 2.24) is 10.4 Å². The van der Waals surface area contributed by atoms with E-state index < -0.39 is 0 Å². The van der Waals surface area contributed by atoms with E-state index >= 15 is 0 Å². The molecule has 2 nitrogen and oxygen atoms in total. The number of nitrogens with zero attached hydrogens (tertiary/aromatic N) is 1. The first-order valence-corrected chi connectivity index (χ1v) is 6.26. The fourth-order valence-corrected chi connectivity index (χ4v) is 1.53. The van der Waals surface area contributed by atoms with Gasteiger partial charge in [0.15, 0.2) is 0 Å². The standard InChI is InChI=1S/C12H28N2/c1-5-9-10-14(8-4)13-11-12(6-2)7-3/h12-13H,5-11H2,1-4H3. The minimum Gasteiger partial charge on any atom is -0.255 e. The fraction of sp³-hybridized carbons (Fsp3) is 1.00. The van der Waals surface area contributed by atoms with Gasteiger partial charge in [-0.3, -0.25) is 5.43 Å². The van der Waals surface area contributed by atoms with Crippen molar-refractivity contribution in [3.63, 3.8) is 0 Å². The SMILES string of the molecule is CCCCN(CC)NCC(CC)CC. The lowest BCUT2D eigenvalue weighted by atomic mass is 10.0. The topological polar surface area (TPSA) is 15.3 Å². The summed E-state index contributed by atoms with van der Waals surface area (Å²) in [5, 5.41) is 2.35. The second kappa shape index (κ2) is 9.47. The smallest absolute Gasteiger partial charge is 0.0130 e. The van der Waals surface area contributed by atoms with Gasteiger partial charge in [-0.1, -0.05) is 47.0 Å². The Morgan fingerprint density at radius 1 is 1.07 bits per heavy atom. The molecule has 0 atom stereocenters. The Labute approximate surface area is 90.0 Å². The Kier molecular flexibility index (Phi) is 9.42. The summed E-state index contributed by atoms with van der Waals surface area (Å²) in [5.74, 6) is 0.839. The second-order valence-electron chi connectivity index (χ2n) is 3.98. The van der Waals surface area contributed by atoms with Gasteiger partial charge in [0.05, 0.1) is 0 Å². The van der Waals surface area contributed by atoms with Gasteiger partial charge in [-0.2, -0.15) is 0 Å². The molecule has 0 fully saturated rings. The van der Waals surface area contributed by atoms with Gasteiger partial charge in [-0.05, 0) is 12.3 Å². The predicted molar refractivity (Wildman–Crippen MR) is 64.2 cm³/mol. The highest BCUT2D eigenvalue weighted by Crippen LogP contribution is 2.05. The van der Waals surface area contributed by atoms with E-state index in [1.54, 1.807) is 0 Å². The zero-order valence-electron chi connectivity index (χ0n) is 10.5. The number of hydrogen-bond donors (Lipinski definition) is 1. The summed E-state index contributed by atoms with van der Waals surface area (Å²) in [4.78, 5) is 0. The van der Waals surface area contributed by atoms with Crippen LogP contribution in [0.15, 0.2) is 0 Å². The van der Waals surface area contributed by atoms with Gasteiger partial charge in [-0.15, -0.1) is 0 Å². The van der Waals surface area contributed by atoms with E-state index in [0.29, 0.717) is 0 Å². The lowest BCUT2D eigenvalue weighted by molar-refractivity contribution is 0.177. The second-order valence-corrected chi connectivity index (χ2v) is 3.98. The summed E-state index contributed by atoms with van der Waals surface area (Å²) in [7, 11) is 0. The molecule has 0 aliphatic rings. The molecule has 14 heavy (non-hydrogen) atoms. The van der Waals surface area contributed by atoms with E-state index in [1.807, 2.05) is 0 Å². The van der Waals surface area contributed by atoms with Gasteiger partial charge < -0.3 is 0 Å². The van der Waals surface area contributed by atoms with Crippen LogP contribution in [0.1, 0.15) is 53.4 Å². The Morgan fingerprint density at radius 2 is 1.71 bits per heavy atom. The average Bonchev–Trinajstić information content (AvgIpc) is 2.23. The van der Waals surface area contributed by atoms with Crippen LogP contribution in [-0.4, -0.2) is 24.6 Å². The van der Waals surface area contributed by atoms with E-state index in [-0.39, 0.29) is 0 Å². The van der Waals surface area contributed by atoms with Gasteiger partial charge >= 0.3 is 0 Å². The maximum Gasteiger partial charge on any atom is 0.0130 e. The maximum atomic E-state index is 3.54. The molecule has 0 aromatic heterocycles. The number of unbranched alkanes of at least 4 members (excludes halogenated alkanes) is 1. The largest absolute Gasteiger partial charge is 0.255 e. The molecule has 0 bridgehead atoms. The van der Waals surface area contributed by atoms with Crippen LogP contribution in [0.3, 0.4) is 0 Å². The average molecular weight is 200 g/mol. The minimum atomic E-state index is 0.839. The van der Waals surface area contributed by atoms with E-state index in [2.05, 4.69) is 38.1 Å². The molecule has 2 heteroatoms. The van der Waals surface area contributed by atoms with Crippen molar-refractivity contribution < 1.29 is 0 Å². The van der Waals surface area contributed by atoms with E-state index in [1.165, 1.54) is 32.2 Å². The molecule has 0 amide bonds. The van der Waals surface area contributed by atoms with E-state index in [0.717, 1.165) is 19.0 Å². The van der Waals surface area contributed by atoms with Crippen molar-refractivity contribution in [2.75, 3.05) is 19.6 Å². The van der Waals surface area contributed by atoms with E-state index in [4.69, 9.17) is 0 Å². The van der Waals surface area contributed by atoms with Crippen molar-refractivity contribution in [3.8, 4) is 0 Å². The third-order valence-electron chi connectivity index (χ3n) is 2.92. The molecular weight excluding hydrogens is 172 g/mol. The van der Waals surface area contributed by atoms with Gasteiger partial charge in [0.2, 0.25) is 0 Å². The summed E-state index contributed by atoms with van der Waals surface area (Å²) in [6.45, 7) is 12.5. The Morgan fingerprint density at radius 3 is 2.14 bits per heavy atom. The first-order valence-electron chi connectivity index (χ1n) is 6.26. The molecule has 86 valence electrons. The maximum absolute atomic E-state index is 3.54. The molecule has 0 aliphatic heterocycles. The molecule has 0 heterocycles. The summed E-state index contributed by atoms with van der Waals surface area (Å²) in [6.07, 6.45) is 5.15. The monoisotopic (exact) mass is 200 g/mol. The molecule has 0 spiro atoms. The van der Waals surface area contributed by atoms with Crippen molar-refractivity contribution in [2.45, 2.75) is 53.4 Å². The first-order chi connectivity index (χ1) is 6.78. The molecular formula is C12H28N2. The third kappa shape index (κ3) is 6.39. The Hall–Kier alpha value is -0.0800. The molecule has 1 N–H and O–H groups in total. The van der Waals surface area contributed by atoms with E-state index in [9.17, 15) is 0 Å². The number of hydrogen-bond acceptors (Lipinski definition) is 2. The highest BCUT2D eigenvalue weighted by molar-refractivity contribution is 4.58. The fourth-order valence-electron chi connectivity index (χ4n) is 1.53. The Bertz CT molecular complexity index is 111. The summed E-state index contributed by atoms with van der Waals surface area (Å²) < 4.78 is 0. The molecule has 0 unspecified atom stereocenters. The highest BCUT2D eigenvalue weighted by atomic mass is 15.5. The molecule has 0 saturated carbocycles. The van der Waals surface area contributed by atoms with Gasteiger partial charge in [-0.25, -0.2) is 5.01 Å². The highest BCUT2D eigenvalue weighted by Gasteiger charge is 2.05. The van der Waals surface area contributed by atoms with Crippen molar-refractivity contribution in [3.05, 3.63) is 0 Å². The van der Waals surface area contributed by atoms with Gasteiger partial charge in [0, 0.05) is 19.6 Å². The van der Waals surface area contributed by atoms with Crippen LogP contribution in [0.2, 0.25) is 0 Å². The lowest BCUT2D eigenvalue weighted by Crippen LogP contribution is -2.41. The minimum absolute atomic E-state index is 0.839. The number of hydrazine groups is 1. The van der Waals surface area contributed by atoms with Crippen LogP contribution in [0.25, 0.3) is 0 Å². The van der Waals surface area contributed by atoms with Crippen LogP contribution < -0.4 is 5.43 Å². The normalized spacial score (nSPS) is 11.6. The summed E-state index contributed by atoms with van der Waals surface area (Å²) in [5.41, 5.74) is 3.54. The molecule has 0 rings (SSSR count). The predicted octanol–water partition coefficient (Wildman–Crippen LogP) is 3.05.